The van der Waals surface area contributed by atoms with Gasteiger partial charge in [-0.15, -0.1) is 12.4 Å². The van der Waals surface area contributed by atoms with Gasteiger partial charge in [0, 0.05) is 12.1 Å². The SMILES string of the molecule is Cc1ccc(-c2noc(C(C)NC(=O)[C@@]34CCCC[C@H]3CNC4)n2)cc1F.Cl. The van der Waals surface area contributed by atoms with Gasteiger partial charge in [-0.3, -0.25) is 4.79 Å². The van der Waals surface area contributed by atoms with Crippen LogP contribution in [-0.4, -0.2) is 29.1 Å². The van der Waals surface area contributed by atoms with E-state index >= 15 is 0 Å². The van der Waals surface area contributed by atoms with E-state index in [1.54, 1.807) is 19.1 Å². The molecule has 1 amide bonds. The fourth-order valence-electron chi connectivity index (χ4n) is 4.35. The van der Waals surface area contributed by atoms with Crippen LogP contribution in [0.5, 0.6) is 0 Å². The highest BCUT2D eigenvalue weighted by Gasteiger charge is 2.50. The Morgan fingerprint density at radius 2 is 2.25 bits per heavy atom. The number of benzene rings is 1. The Morgan fingerprint density at radius 3 is 3.04 bits per heavy atom. The average Bonchev–Trinajstić information content (AvgIpc) is 3.31. The van der Waals surface area contributed by atoms with Crippen LogP contribution < -0.4 is 10.6 Å². The molecule has 6 nitrogen and oxygen atoms in total. The van der Waals surface area contributed by atoms with Crippen molar-refractivity contribution in [2.45, 2.75) is 45.6 Å². The molecule has 0 bridgehead atoms. The fourth-order valence-corrected chi connectivity index (χ4v) is 4.35. The molecule has 8 heteroatoms. The molecule has 1 saturated heterocycles. The number of hydrogen-bond acceptors (Lipinski definition) is 5. The van der Waals surface area contributed by atoms with E-state index < -0.39 is 6.04 Å². The zero-order chi connectivity index (χ0) is 19.0. The van der Waals surface area contributed by atoms with Crippen LogP contribution in [-0.2, 0) is 4.79 Å². The van der Waals surface area contributed by atoms with Gasteiger partial charge in [-0.25, -0.2) is 4.39 Å². The molecule has 2 aliphatic rings. The number of fused-ring (bicyclic) bond motifs is 1. The molecular weight excluding hydrogens is 383 g/mol. The summed E-state index contributed by atoms with van der Waals surface area (Å²) in [5, 5.41) is 10.4. The molecule has 1 aliphatic carbocycles. The molecule has 0 radical (unpaired) electrons. The highest BCUT2D eigenvalue weighted by molar-refractivity contribution is 5.85. The highest BCUT2D eigenvalue weighted by Crippen LogP contribution is 2.44. The molecule has 152 valence electrons. The number of halogens is 2. The molecular formula is C20H26ClFN4O2. The summed E-state index contributed by atoms with van der Waals surface area (Å²) in [5.74, 6) is 0.796. The van der Waals surface area contributed by atoms with Crippen LogP contribution in [0.3, 0.4) is 0 Å². The number of nitrogens with one attached hydrogen (secondary N) is 2. The van der Waals surface area contributed by atoms with Gasteiger partial charge in [0.2, 0.25) is 17.6 Å². The molecule has 1 unspecified atom stereocenters. The summed E-state index contributed by atoms with van der Waals surface area (Å²) >= 11 is 0. The van der Waals surface area contributed by atoms with Gasteiger partial charge in [0.1, 0.15) is 11.9 Å². The molecule has 2 fully saturated rings. The minimum absolute atomic E-state index is 0. The number of amides is 1. The van der Waals surface area contributed by atoms with Gasteiger partial charge < -0.3 is 15.2 Å². The fraction of sp³-hybridized carbons (Fsp3) is 0.550. The van der Waals surface area contributed by atoms with Crippen molar-refractivity contribution in [1.82, 2.24) is 20.8 Å². The topological polar surface area (TPSA) is 80.0 Å². The lowest BCUT2D eigenvalue weighted by atomic mass is 9.67. The van der Waals surface area contributed by atoms with Crippen molar-refractivity contribution in [3.8, 4) is 11.4 Å². The van der Waals surface area contributed by atoms with Crippen LogP contribution in [0, 0.1) is 24.1 Å². The van der Waals surface area contributed by atoms with Gasteiger partial charge in [-0.2, -0.15) is 4.98 Å². The minimum Gasteiger partial charge on any atom is -0.344 e. The maximum atomic E-state index is 13.8. The Balaban J connectivity index is 0.00000225. The number of rotatable bonds is 4. The predicted octanol–water partition coefficient (Wildman–Crippen LogP) is 3.56. The Morgan fingerprint density at radius 1 is 1.43 bits per heavy atom. The van der Waals surface area contributed by atoms with Crippen LogP contribution in [0.1, 0.15) is 50.1 Å². The Bertz CT molecular complexity index is 858. The number of aromatic nitrogens is 2. The Kier molecular flexibility index (Phi) is 6.05. The lowest BCUT2D eigenvalue weighted by Crippen LogP contribution is -2.48. The summed E-state index contributed by atoms with van der Waals surface area (Å²) in [6, 6.07) is 4.43. The predicted molar refractivity (Wildman–Crippen MR) is 105 cm³/mol. The molecule has 28 heavy (non-hydrogen) atoms. The smallest absolute Gasteiger partial charge is 0.249 e. The van der Waals surface area contributed by atoms with Crippen molar-refractivity contribution in [2.75, 3.05) is 13.1 Å². The second-order valence-corrected chi connectivity index (χ2v) is 7.85. The van der Waals surface area contributed by atoms with Crippen molar-refractivity contribution in [3.63, 3.8) is 0 Å². The first-order chi connectivity index (χ1) is 13.0. The third-order valence-electron chi connectivity index (χ3n) is 6.08. The van der Waals surface area contributed by atoms with Crippen molar-refractivity contribution in [1.29, 1.82) is 0 Å². The number of carbonyl (C=O) groups is 1. The number of carbonyl (C=O) groups excluding carboxylic acids is 1. The van der Waals surface area contributed by atoms with Crippen molar-refractivity contribution < 1.29 is 13.7 Å². The van der Waals surface area contributed by atoms with Crippen LogP contribution in [0.4, 0.5) is 4.39 Å². The average molecular weight is 409 g/mol. The van der Waals surface area contributed by atoms with E-state index in [0.29, 0.717) is 28.8 Å². The number of hydrogen-bond donors (Lipinski definition) is 2. The van der Waals surface area contributed by atoms with Gasteiger partial charge >= 0.3 is 0 Å². The van der Waals surface area contributed by atoms with E-state index in [4.69, 9.17) is 4.52 Å². The van der Waals surface area contributed by atoms with Gasteiger partial charge in [0.15, 0.2) is 0 Å². The summed E-state index contributed by atoms with van der Waals surface area (Å²) in [7, 11) is 0. The molecule has 1 aromatic carbocycles. The first-order valence-electron chi connectivity index (χ1n) is 9.61. The van der Waals surface area contributed by atoms with E-state index in [1.165, 1.54) is 12.5 Å². The maximum absolute atomic E-state index is 13.8. The summed E-state index contributed by atoms with van der Waals surface area (Å²) in [4.78, 5) is 17.4. The first kappa shape index (κ1) is 20.7. The van der Waals surface area contributed by atoms with Crippen molar-refractivity contribution >= 4 is 18.3 Å². The molecule has 2 aromatic rings. The van der Waals surface area contributed by atoms with E-state index in [0.717, 1.165) is 32.4 Å². The van der Waals surface area contributed by atoms with Crippen molar-refractivity contribution in [3.05, 3.63) is 35.5 Å². The third-order valence-corrected chi connectivity index (χ3v) is 6.08. The van der Waals surface area contributed by atoms with Gasteiger partial charge in [0.25, 0.3) is 0 Å². The molecule has 0 spiro atoms. The maximum Gasteiger partial charge on any atom is 0.249 e. The van der Waals surface area contributed by atoms with Crippen LogP contribution >= 0.6 is 12.4 Å². The van der Waals surface area contributed by atoms with Gasteiger partial charge in [0.05, 0.1) is 5.41 Å². The number of nitrogens with zero attached hydrogens (tertiary/aromatic N) is 2. The quantitative estimate of drug-likeness (QED) is 0.808. The molecule has 1 aromatic heterocycles. The molecule has 1 aliphatic heterocycles. The molecule has 1 saturated carbocycles. The lowest BCUT2D eigenvalue weighted by molar-refractivity contribution is -0.134. The lowest BCUT2D eigenvalue weighted by Gasteiger charge is -2.37. The molecule has 3 atom stereocenters. The minimum atomic E-state index is -0.397. The zero-order valence-electron chi connectivity index (χ0n) is 16.1. The summed E-state index contributed by atoms with van der Waals surface area (Å²) < 4.78 is 19.1. The Hall–Kier alpha value is -1.99. The van der Waals surface area contributed by atoms with E-state index in [9.17, 15) is 9.18 Å². The van der Waals surface area contributed by atoms with E-state index in [1.807, 2.05) is 6.92 Å². The second kappa shape index (κ2) is 8.17. The van der Waals surface area contributed by atoms with Gasteiger partial charge in [-0.05, 0) is 50.8 Å². The molecule has 4 rings (SSSR count). The molecule has 2 heterocycles. The zero-order valence-corrected chi connectivity index (χ0v) is 16.9. The number of aryl methyl sites for hydroxylation is 1. The summed E-state index contributed by atoms with van der Waals surface area (Å²) in [6.07, 6.45) is 4.29. The third kappa shape index (κ3) is 3.65. The highest BCUT2D eigenvalue weighted by atomic mass is 35.5. The van der Waals surface area contributed by atoms with Crippen LogP contribution in [0.2, 0.25) is 0 Å². The Labute approximate surface area is 170 Å². The summed E-state index contributed by atoms with van der Waals surface area (Å²) in [5.41, 5.74) is 0.794. The standard InChI is InChI=1S/C20H25FN4O2.ClH/c1-12-6-7-14(9-16(12)21)17-24-18(27-25-17)13(2)23-19(26)20-8-4-3-5-15(20)10-22-11-20;/h6-7,9,13,15,22H,3-5,8,10-11H2,1-2H3,(H,23,26);1H/t13?,15-,20+;/m0./s1. The van der Waals surface area contributed by atoms with Gasteiger partial charge in [-0.1, -0.05) is 30.1 Å². The summed E-state index contributed by atoms with van der Waals surface area (Å²) in [6.45, 7) is 5.18. The van der Waals surface area contributed by atoms with Crippen LogP contribution in [0.25, 0.3) is 11.4 Å². The first-order valence-corrected chi connectivity index (χ1v) is 9.61. The van der Waals surface area contributed by atoms with E-state index in [2.05, 4.69) is 20.8 Å². The molecule has 2 N–H and O–H groups in total. The monoisotopic (exact) mass is 408 g/mol. The van der Waals surface area contributed by atoms with E-state index in [-0.39, 0.29) is 29.5 Å². The normalized spacial score (nSPS) is 24.9. The largest absolute Gasteiger partial charge is 0.344 e. The van der Waals surface area contributed by atoms with Crippen molar-refractivity contribution in [2.24, 2.45) is 11.3 Å². The van der Waals surface area contributed by atoms with Crippen LogP contribution in [0.15, 0.2) is 22.7 Å². The second-order valence-electron chi connectivity index (χ2n) is 7.85.